The van der Waals surface area contributed by atoms with Gasteiger partial charge in [0, 0.05) is 5.69 Å². The van der Waals surface area contributed by atoms with Crippen molar-refractivity contribution in [1.82, 2.24) is 4.90 Å². The Balaban J connectivity index is 1.72. The first-order valence-electron chi connectivity index (χ1n) is 6.29. The molecule has 3 heteroatoms. The van der Waals surface area contributed by atoms with Crippen molar-refractivity contribution in [3.63, 3.8) is 0 Å². The number of benzene rings is 1. The lowest BCUT2D eigenvalue weighted by Gasteiger charge is -2.14. The molecule has 0 fully saturated rings. The topological polar surface area (TPSA) is 42.4 Å². The van der Waals surface area contributed by atoms with Gasteiger partial charge in [-0.2, -0.15) is 0 Å². The van der Waals surface area contributed by atoms with E-state index in [4.69, 9.17) is 10.2 Å². The molecule has 1 aromatic heterocycles. The Morgan fingerprint density at radius 1 is 1.22 bits per heavy atom. The molecule has 96 valence electrons. The van der Waals surface area contributed by atoms with Gasteiger partial charge >= 0.3 is 0 Å². The van der Waals surface area contributed by atoms with Crippen LogP contribution in [0, 0.1) is 0 Å². The normalized spacial score (nSPS) is 11.0. The van der Waals surface area contributed by atoms with E-state index in [9.17, 15) is 0 Å². The van der Waals surface area contributed by atoms with Crippen molar-refractivity contribution in [1.29, 1.82) is 0 Å². The van der Waals surface area contributed by atoms with Crippen molar-refractivity contribution in [3.05, 3.63) is 54.0 Å². The summed E-state index contributed by atoms with van der Waals surface area (Å²) in [5, 5.41) is 0. The first kappa shape index (κ1) is 12.7. The summed E-state index contributed by atoms with van der Waals surface area (Å²) in [6.45, 7) is 1.92. The van der Waals surface area contributed by atoms with Crippen molar-refractivity contribution in [2.75, 3.05) is 19.3 Å². The molecule has 3 nitrogen and oxygen atoms in total. The van der Waals surface area contributed by atoms with Crippen LogP contribution in [0.1, 0.15) is 17.7 Å². The van der Waals surface area contributed by atoms with E-state index in [1.54, 1.807) is 6.26 Å². The van der Waals surface area contributed by atoms with Gasteiger partial charge in [0.05, 0.1) is 12.8 Å². The number of nitrogen functional groups attached to an aromatic ring is 1. The smallest absolute Gasteiger partial charge is 0.117 e. The van der Waals surface area contributed by atoms with Gasteiger partial charge < -0.3 is 10.2 Å². The summed E-state index contributed by atoms with van der Waals surface area (Å²) in [7, 11) is 2.11. The van der Waals surface area contributed by atoms with E-state index < -0.39 is 0 Å². The highest BCUT2D eigenvalue weighted by Crippen LogP contribution is 2.10. The summed E-state index contributed by atoms with van der Waals surface area (Å²) in [5.41, 5.74) is 7.91. The number of rotatable bonds is 6. The van der Waals surface area contributed by atoms with Crippen molar-refractivity contribution < 1.29 is 4.42 Å². The number of furan rings is 1. The molecule has 1 heterocycles. The zero-order chi connectivity index (χ0) is 12.8. The number of nitrogens with zero attached hydrogens (tertiary/aromatic N) is 1. The first-order valence-corrected chi connectivity index (χ1v) is 6.29. The number of nitrogens with two attached hydrogens (primary N) is 1. The molecule has 0 atom stereocenters. The summed E-state index contributed by atoms with van der Waals surface area (Å²) in [4.78, 5) is 2.27. The summed E-state index contributed by atoms with van der Waals surface area (Å²) >= 11 is 0. The maximum atomic E-state index is 5.76. The fraction of sp³-hybridized carbons (Fsp3) is 0.333. The van der Waals surface area contributed by atoms with Crippen LogP contribution in [0.3, 0.4) is 0 Å². The molecule has 18 heavy (non-hydrogen) atoms. The van der Waals surface area contributed by atoms with Crippen LogP contribution in [-0.2, 0) is 13.0 Å². The van der Waals surface area contributed by atoms with Gasteiger partial charge in [0.1, 0.15) is 5.76 Å². The number of hydrogen-bond acceptors (Lipinski definition) is 3. The van der Waals surface area contributed by atoms with Crippen LogP contribution in [0.5, 0.6) is 0 Å². The Morgan fingerprint density at radius 3 is 2.83 bits per heavy atom. The Hall–Kier alpha value is -1.74. The minimum Gasteiger partial charge on any atom is -0.468 e. The highest BCUT2D eigenvalue weighted by atomic mass is 16.3. The van der Waals surface area contributed by atoms with Gasteiger partial charge in [0.25, 0.3) is 0 Å². The number of hydrogen-bond donors (Lipinski definition) is 1. The monoisotopic (exact) mass is 244 g/mol. The average molecular weight is 244 g/mol. The van der Waals surface area contributed by atoms with Gasteiger partial charge in [-0.1, -0.05) is 12.1 Å². The van der Waals surface area contributed by atoms with Crippen LogP contribution < -0.4 is 5.73 Å². The Kier molecular flexibility index (Phi) is 4.42. The van der Waals surface area contributed by atoms with E-state index in [0.717, 1.165) is 37.4 Å². The number of anilines is 1. The van der Waals surface area contributed by atoms with Crippen molar-refractivity contribution in [3.8, 4) is 0 Å². The molecular weight excluding hydrogens is 224 g/mol. The summed E-state index contributed by atoms with van der Waals surface area (Å²) in [6, 6.07) is 12.0. The van der Waals surface area contributed by atoms with Crippen molar-refractivity contribution >= 4 is 5.69 Å². The predicted molar refractivity (Wildman–Crippen MR) is 74.2 cm³/mol. The molecule has 1 aromatic carbocycles. The molecule has 0 aliphatic rings. The van der Waals surface area contributed by atoms with Crippen LogP contribution in [-0.4, -0.2) is 18.5 Å². The summed E-state index contributed by atoms with van der Waals surface area (Å²) in [6.07, 6.45) is 3.91. The van der Waals surface area contributed by atoms with E-state index in [1.165, 1.54) is 5.56 Å². The van der Waals surface area contributed by atoms with Crippen LogP contribution in [0.15, 0.2) is 47.1 Å². The lowest BCUT2D eigenvalue weighted by molar-refractivity contribution is 0.292. The van der Waals surface area contributed by atoms with E-state index in [0.29, 0.717) is 0 Å². The first-order chi connectivity index (χ1) is 8.74. The van der Waals surface area contributed by atoms with E-state index >= 15 is 0 Å². The van der Waals surface area contributed by atoms with E-state index in [-0.39, 0.29) is 0 Å². The Morgan fingerprint density at radius 2 is 2.11 bits per heavy atom. The molecule has 0 amide bonds. The molecule has 0 spiro atoms. The van der Waals surface area contributed by atoms with Gasteiger partial charge in [-0.3, -0.25) is 4.90 Å². The van der Waals surface area contributed by atoms with Gasteiger partial charge in [-0.15, -0.1) is 0 Å². The van der Waals surface area contributed by atoms with Crippen LogP contribution in [0.2, 0.25) is 0 Å². The molecule has 2 N–H and O–H groups in total. The molecule has 0 saturated heterocycles. The molecule has 0 unspecified atom stereocenters. The van der Waals surface area contributed by atoms with Crippen LogP contribution >= 0.6 is 0 Å². The lowest BCUT2D eigenvalue weighted by Crippen LogP contribution is -2.19. The third kappa shape index (κ3) is 3.93. The molecule has 0 radical (unpaired) electrons. The zero-order valence-corrected chi connectivity index (χ0v) is 10.8. The minimum atomic E-state index is 0.844. The molecule has 0 bridgehead atoms. The van der Waals surface area contributed by atoms with Crippen LogP contribution in [0.4, 0.5) is 5.69 Å². The second kappa shape index (κ2) is 6.26. The summed E-state index contributed by atoms with van der Waals surface area (Å²) in [5.74, 6) is 1.02. The highest BCUT2D eigenvalue weighted by Gasteiger charge is 2.02. The van der Waals surface area contributed by atoms with Crippen molar-refractivity contribution in [2.45, 2.75) is 19.4 Å². The van der Waals surface area contributed by atoms with Gasteiger partial charge in [-0.25, -0.2) is 0 Å². The standard InChI is InChI=1S/C15H20N2O/c1-17(12-15-8-4-10-18-15)9-3-6-13-5-2-7-14(16)11-13/h2,4-5,7-8,10-11H,3,6,9,12,16H2,1H3. The third-order valence-corrected chi connectivity index (χ3v) is 2.96. The molecule has 0 aliphatic carbocycles. The van der Waals surface area contributed by atoms with Gasteiger partial charge in [-0.05, 0) is 56.3 Å². The maximum absolute atomic E-state index is 5.76. The molecule has 0 aliphatic heterocycles. The second-order valence-electron chi connectivity index (χ2n) is 4.67. The second-order valence-corrected chi connectivity index (χ2v) is 4.67. The Labute approximate surface area is 108 Å². The zero-order valence-electron chi connectivity index (χ0n) is 10.8. The maximum Gasteiger partial charge on any atom is 0.117 e. The van der Waals surface area contributed by atoms with Crippen molar-refractivity contribution in [2.24, 2.45) is 0 Å². The highest BCUT2D eigenvalue weighted by molar-refractivity contribution is 5.40. The SMILES string of the molecule is CN(CCCc1cccc(N)c1)Cc1ccco1. The average Bonchev–Trinajstić information content (AvgIpc) is 2.82. The Bertz CT molecular complexity index is 465. The molecule has 0 saturated carbocycles. The molecule has 2 rings (SSSR count). The molecule has 2 aromatic rings. The quantitative estimate of drug-likeness (QED) is 0.794. The third-order valence-electron chi connectivity index (χ3n) is 2.96. The summed E-state index contributed by atoms with van der Waals surface area (Å²) < 4.78 is 5.33. The largest absolute Gasteiger partial charge is 0.468 e. The fourth-order valence-electron chi connectivity index (χ4n) is 2.05. The fourth-order valence-corrected chi connectivity index (χ4v) is 2.05. The lowest BCUT2D eigenvalue weighted by atomic mass is 10.1. The predicted octanol–water partition coefficient (Wildman–Crippen LogP) is 2.93. The van der Waals surface area contributed by atoms with Crippen LogP contribution in [0.25, 0.3) is 0 Å². The minimum absolute atomic E-state index is 0.844. The van der Waals surface area contributed by atoms with E-state index in [2.05, 4.69) is 18.0 Å². The van der Waals surface area contributed by atoms with Gasteiger partial charge in [0.15, 0.2) is 0 Å². The van der Waals surface area contributed by atoms with E-state index in [1.807, 2.05) is 30.3 Å². The number of aryl methyl sites for hydroxylation is 1. The molecular formula is C15H20N2O. The van der Waals surface area contributed by atoms with Gasteiger partial charge in [0.2, 0.25) is 0 Å².